The van der Waals surface area contributed by atoms with Crippen LogP contribution in [0.15, 0.2) is 24.3 Å². The van der Waals surface area contributed by atoms with Gasteiger partial charge in [0.2, 0.25) is 0 Å². The molecule has 6 nitrogen and oxygen atoms in total. The van der Waals surface area contributed by atoms with Crippen LogP contribution in [-0.2, 0) is 23.7 Å². The predicted octanol–water partition coefficient (Wildman–Crippen LogP) is 2.70. The number of hydrogen-bond acceptors (Lipinski definition) is 6. The number of carbonyl (C=O) groups excluding carboxylic acids is 1. The van der Waals surface area contributed by atoms with Crippen LogP contribution in [0.5, 0.6) is 5.75 Å². The van der Waals surface area contributed by atoms with E-state index in [0.29, 0.717) is 12.0 Å². The lowest BCUT2D eigenvalue weighted by Gasteiger charge is -2.33. The van der Waals surface area contributed by atoms with Gasteiger partial charge in [-0.3, -0.25) is 4.57 Å². The number of aliphatic hydroxyl groups is 1. The SMILES string of the molecule is CCOP(=O)(OCC)[C@](O)(CC=O)c1ccc(OC)cc1. The molecule has 1 aromatic carbocycles. The van der Waals surface area contributed by atoms with Crippen molar-refractivity contribution in [1.82, 2.24) is 0 Å². The number of aldehydes is 1. The summed E-state index contributed by atoms with van der Waals surface area (Å²) in [5.74, 6) is 0.579. The number of hydrogen-bond donors (Lipinski definition) is 1. The van der Waals surface area contributed by atoms with Crippen molar-refractivity contribution in [2.24, 2.45) is 0 Å². The van der Waals surface area contributed by atoms with Crippen LogP contribution in [0.3, 0.4) is 0 Å². The molecule has 118 valence electrons. The van der Waals surface area contributed by atoms with Crippen molar-refractivity contribution in [2.75, 3.05) is 20.3 Å². The van der Waals surface area contributed by atoms with Gasteiger partial charge in [-0.15, -0.1) is 0 Å². The molecule has 0 fully saturated rings. The standard InChI is InChI=1S/C14H21O6P/c1-4-19-21(17,20-5-2)14(16,10-11-15)12-6-8-13(18-3)9-7-12/h6-9,11,16H,4-5,10H2,1-3H3/t14-/m1/s1. The summed E-state index contributed by atoms with van der Waals surface area (Å²) in [6.45, 7) is 3.46. The Bertz CT molecular complexity index is 491. The van der Waals surface area contributed by atoms with Gasteiger partial charge in [0.05, 0.1) is 20.3 Å². The van der Waals surface area contributed by atoms with Gasteiger partial charge in [0.25, 0.3) is 0 Å². The maximum atomic E-state index is 12.9. The summed E-state index contributed by atoms with van der Waals surface area (Å²) in [7, 11) is -2.41. The zero-order chi connectivity index (χ0) is 15.9. The highest BCUT2D eigenvalue weighted by atomic mass is 31.2. The van der Waals surface area contributed by atoms with Gasteiger partial charge in [0.15, 0.2) is 5.34 Å². The Labute approximate surface area is 124 Å². The van der Waals surface area contributed by atoms with E-state index in [1.807, 2.05) is 0 Å². The minimum atomic E-state index is -3.92. The third kappa shape index (κ3) is 3.71. The Morgan fingerprint density at radius 1 is 1.19 bits per heavy atom. The smallest absolute Gasteiger partial charge is 0.366 e. The second-order valence-electron chi connectivity index (χ2n) is 4.25. The Kier molecular flexibility index (Phi) is 6.55. The highest BCUT2D eigenvalue weighted by Crippen LogP contribution is 2.64. The number of ether oxygens (including phenoxy) is 1. The second-order valence-corrected chi connectivity index (χ2v) is 6.50. The van der Waals surface area contributed by atoms with Gasteiger partial charge < -0.3 is 23.7 Å². The van der Waals surface area contributed by atoms with Gasteiger partial charge in [-0.2, -0.15) is 0 Å². The summed E-state index contributed by atoms with van der Waals surface area (Å²) in [6, 6.07) is 6.28. The van der Waals surface area contributed by atoms with E-state index >= 15 is 0 Å². The topological polar surface area (TPSA) is 82.1 Å². The van der Waals surface area contributed by atoms with Crippen LogP contribution in [0.2, 0.25) is 0 Å². The predicted molar refractivity (Wildman–Crippen MR) is 78.4 cm³/mol. The molecule has 0 amide bonds. The number of rotatable bonds is 9. The van der Waals surface area contributed by atoms with Crippen LogP contribution in [-0.4, -0.2) is 31.7 Å². The molecule has 21 heavy (non-hydrogen) atoms. The minimum Gasteiger partial charge on any atom is -0.497 e. The summed E-state index contributed by atoms with van der Waals surface area (Å²) in [4.78, 5) is 11.0. The Morgan fingerprint density at radius 3 is 2.10 bits per heavy atom. The maximum Gasteiger partial charge on any atom is 0.366 e. The summed E-state index contributed by atoms with van der Waals surface area (Å²) in [5.41, 5.74) is 0.278. The van der Waals surface area contributed by atoms with Crippen LogP contribution >= 0.6 is 7.60 Å². The van der Waals surface area contributed by atoms with Crippen LogP contribution in [0.4, 0.5) is 0 Å². The van der Waals surface area contributed by atoms with E-state index in [0.717, 1.165) is 0 Å². The summed E-state index contributed by atoms with van der Waals surface area (Å²) >= 11 is 0. The van der Waals surface area contributed by atoms with Crippen LogP contribution in [0, 0.1) is 0 Å². The lowest BCUT2D eigenvalue weighted by Crippen LogP contribution is -2.29. The highest BCUT2D eigenvalue weighted by Gasteiger charge is 2.50. The van der Waals surface area contributed by atoms with Gasteiger partial charge in [-0.25, -0.2) is 0 Å². The first kappa shape index (κ1) is 17.9. The highest BCUT2D eigenvalue weighted by molar-refractivity contribution is 7.55. The normalized spacial score (nSPS) is 14.5. The van der Waals surface area contributed by atoms with Crippen LogP contribution in [0.25, 0.3) is 0 Å². The average molecular weight is 316 g/mol. The summed E-state index contributed by atoms with van der Waals surface area (Å²) in [6.07, 6.45) is 0.103. The Balaban J connectivity index is 3.32. The average Bonchev–Trinajstić information content (AvgIpc) is 2.48. The van der Waals surface area contributed by atoms with Crippen molar-refractivity contribution < 1.29 is 28.3 Å². The molecule has 1 rings (SSSR count). The molecule has 0 saturated heterocycles. The molecule has 0 spiro atoms. The summed E-state index contributed by atoms with van der Waals surface area (Å²) in [5, 5.41) is 8.82. The maximum absolute atomic E-state index is 12.9. The van der Waals surface area contributed by atoms with Crippen LogP contribution in [0.1, 0.15) is 25.8 Å². The monoisotopic (exact) mass is 316 g/mol. The molecular formula is C14H21O6P. The minimum absolute atomic E-state index is 0.0919. The van der Waals surface area contributed by atoms with Gasteiger partial charge >= 0.3 is 7.60 Å². The molecule has 1 aromatic rings. The zero-order valence-electron chi connectivity index (χ0n) is 12.4. The van der Waals surface area contributed by atoms with Gasteiger partial charge in [0.1, 0.15) is 12.0 Å². The third-order valence-corrected chi connectivity index (χ3v) is 5.51. The number of benzene rings is 1. The molecular weight excluding hydrogens is 295 g/mol. The first-order valence-corrected chi connectivity index (χ1v) is 8.21. The molecule has 7 heteroatoms. The molecule has 0 aliphatic carbocycles. The van der Waals surface area contributed by atoms with Crippen molar-refractivity contribution in [3.63, 3.8) is 0 Å². The number of carbonyl (C=O) groups is 1. The molecule has 0 bridgehead atoms. The second kappa shape index (κ2) is 7.71. The van der Waals surface area contributed by atoms with E-state index in [2.05, 4.69) is 0 Å². The van der Waals surface area contributed by atoms with Gasteiger partial charge in [-0.1, -0.05) is 12.1 Å². The molecule has 0 aromatic heterocycles. The summed E-state index contributed by atoms with van der Waals surface area (Å²) < 4.78 is 28.3. The lowest BCUT2D eigenvalue weighted by atomic mass is 10.1. The molecule has 0 radical (unpaired) electrons. The first-order chi connectivity index (χ1) is 9.97. The quantitative estimate of drug-likeness (QED) is 0.557. The Morgan fingerprint density at radius 2 is 1.71 bits per heavy atom. The molecule has 0 aliphatic rings. The van der Waals surface area contributed by atoms with E-state index in [4.69, 9.17) is 13.8 Å². The van der Waals surface area contributed by atoms with E-state index in [-0.39, 0.29) is 18.8 Å². The fourth-order valence-electron chi connectivity index (χ4n) is 1.95. The molecule has 0 unspecified atom stereocenters. The van der Waals surface area contributed by atoms with Crippen molar-refractivity contribution in [2.45, 2.75) is 25.6 Å². The van der Waals surface area contributed by atoms with Crippen molar-refractivity contribution >= 4 is 13.9 Å². The van der Waals surface area contributed by atoms with Crippen molar-refractivity contribution in [3.05, 3.63) is 29.8 Å². The van der Waals surface area contributed by atoms with Crippen molar-refractivity contribution in [1.29, 1.82) is 0 Å². The van der Waals surface area contributed by atoms with E-state index in [1.54, 1.807) is 26.0 Å². The largest absolute Gasteiger partial charge is 0.497 e. The van der Waals surface area contributed by atoms with E-state index in [1.165, 1.54) is 19.2 Å². The molecule has 0 saturated carbocycles. The van der Waals surface area contributed by atoms with E-state index in [9.17, 15) is 14.5 Å². The Hall–Kier alpha value is -1.20. The first-order valence-electron chi connectivity index (χ1n) is 6.67. The third-order valence-electron chi connectivity index (χ3n) is 2.97. The van der Waals surface area contributed by atoms with Crippen molar-refractivity contribution in [3.8, 4) is 5.75 Å². The molecule has 1 atom stereocenters. The zero-order valence-corrected chi connectivity index (χ0v) is 13.3. The van der Waals surface area contributed by atoms with Crippen LogP contribution < -0.4 is 4.74 Å². The lowest BCUT2D eigenvalue weighted by molar-refractivity contribution is -0.111. The molecule has 0 heterocycles. The van der Waals surface area contributed by atoms with Gasteiger partial charge in [0, 0.05) is 6.42 Å². The fourth-order valence-corrected chi connectivity index (χ4v) is 3.90. The fraction of sp³-hybridized carbons (Fsp3) is 0.500. The molecule has 0 aliphatic heterocycles. The van der Waals surface area contributed by atoms with E-state index < -0.39 is 19.4 Å². The number of methoxy groups -OCH3 is 1. The molecule has 1 N–H and O–H groups in total. The van der Waals surface area contributed by atoms with Gasteiger partial charge in [-0.05, 0) is 31.5 Å².